The van der Waals surface area contributed by atoms with E-state index in [4.69, 9.17) is 22.7 Å². The molecule has 0 radical (unpaired) electrons. The number of nitrogens with zero attached hydrogens (tertiary/aromatic N) is 4. The van der Waals surface area contributed by atoms with E-state index in [1.807, 2.05) is 29.2 Å². The molecule has 31 heavy (non-hydrogen) atoms. The monoisotopic (exact) mass is 435 g/mol. The van der Waals surface area contributed by atoms with Crippen LogP contribution in [0.15, 0.2) is 53.6 Å². The second-order valence-corrected chi connectivity index (χ2v) is 6.60. The Morgan fingerprint density at radius 1 is 1.06 bits per heavy atom. The molecule has 0 aliphatic rings. The predicted octanol–water partition coefficient (Wildman–Crippen LogP) is 2.17. The summed E-state index contributed by atoms with van der Waals surface area (Å²) >= 11 is 5.03. The Balaban J connectivity index is 1.84. The summed E-state index contributed by atoms with van der Waals surface area (Å²) in [6, 6.07) is 17.8. The van der Waals surface area contributed by atoms with E-state index in [9.17, 15) is 9.90 Å². The predicted molar refractivity (Wildman–Crippen MR) is 121 cm³/mol. The van der Waals surface area contributed by atoms with Gasteiger partial charge in [-0.1, -0.05) is 24.3 Å². The maximum atomic E-state index is 12.0. The van der Waals surface area contributed by atoms with Crippen LogP contribution in [0.5, 0.6) is 5.75 Å². The number of carbonyl (C=O) groups excluding carboxylic acids is 1. The van der Waals surface area contributed by atoms with Gasteiger partial charge in [0, 0.05) is 18.8 Å². The molecule has 2 aromatic rings. The van der Waals surface area contributed by atoms with Crippen molar-refractivity contribution >= 4 is 35.1 Å². The molecule has 0 aliphatic heterocycles. The number of para-hydroxylation sites is 1. The highest BCUT2D eigenvalue weighted by molar-refractivity contribution is 7.80. The Morgan fingerprint density at radius 3 is 2.32 bits per heavy atom. The summed E-state index contributed by atoms with van der Waals surface area (Å²) in [7, 11) is 0. The molecule has 0 heterocycles. The van der Waals surface area contributed by atoms with Crippen molar-refractivity contribution in [2.45, 2.75) is 12.8 Å². The topological polar surface area (TPSA) is 137 Å². The largest absolute Gasteiger partial charge is 0.507 e. The lowest BCUT2D eigenvalue weighted by molar-refractivity contribution is 0.0941. The zero-order chi connectivity index (χ0) is 22.5. The molecule has 9 nitrogen and oxygen atoms in total. The van der Waals surface area contributed by atoms with Crippen molar-refractivity contribution in [1.29, 1.82) is 10.5 Å². The minimum absolute atomic E-state index is 0.0656. The van der Waals surface area contributed by atoms with Crippen LogP contribution in [0.1, 0.15) is 28.8 Å². The van der Waals surface area contributed by atoms with Crippen LogP contribution in [0.4, 0.5) is 5.69 Å². The van der Waals surface area contributed by atoms with E-state index < -0.39 is 5.91 Å². The third kappa shape index (κ3) is 7.65. The van der Waals surface area contributed by atoms with Gasteiger partial charge in [0.2, 0.25) is 5.11 Å². The summed E-state index contributed by atoms with van der Waals surface area (Å²) in [5.41, 5.74) is 9.26. The average Bonchev–Trinajstić information content (AvgIpc) is 2.78. The molecule has 2 rings (SSSR count). The van der Waals surface area contributed by atoms with E-state index >= 15 is 0 Å². The number of anilines is 1. The van der Waals surface area contributed by atoms with Crippen molar-refractivity contribution in [3.63, 3.8) is 0 Å². The maximum Gasteiger partial charge on any atom is 0.273 e. The van der Waals surface area contributed by atoms with Crippen LogP contribution in [0.3, 0.4) is 0 Å². The number of hydrogen-bond donors (Lipinski definition) is 4. The normalized spacial score (nSPS) is 10.0. The molecule has 1 amide bonds. The van der Waals surface area contributed by atoms with Crippen LogP contribution in [0.2, 0.25) is 0 Å². The van der Waals surface area contributed by atoms with Gasteiger partial charge in [-0.2, -0.15) is 15.6 Å². The fourth-order valence-electron chi connectivity index (χ4n) is 2.55. The minimum atomic E-state index is -0.542. The van der Waals surface area contributed by atoms with Gasteiger partial charge < -0.3 is 10.0 Å². The van der Waals surface area contributed by atoms with Gasteiger partial charge in [-0.05, 0) is 42.0 Å². The molecule has 0 bridgehead atoms. The number of benzene rings is 2. The third-order valence-electron chi connectivity index (χ3n) is 4.06. The molecule has 0 spiro atoms. The Bertz CT molecular complexity index is 992. The number of carbonyl (C=O) groups is 1. The molecule has 0 fully saturated rings. The van der Waals surface area contributed by atoms with Gasteiger partial charge in [0.05, 0.1) is 36.8 Å². The fourth-order valence-corrected chi connectivity index (χ4v) is 2.65. The van der Waals surface area contributed by atoms with E-state index in [1.165, 1.54) is 12.1 Å². The van der Waals surface area contributed by atoms with Crippen LogP contribution >= 0.6 is 12.2 Å². The molecule has 0 saturated heterocycles. The van der Waals surface area contributed by atoms with Crippen LogP contribution in [-0.4, -0.2) is 35.4 Å². The van der Waals surface area contributed by atoms with Crippen molar-refractivity contribution in [3.05, 3.63) is 59.7 Å². The number of nitrogens with one attached hydrogen (secondary N) is 3. The molecule has 10 heteroatoms. The van der Waals surface area contributed by atoms with Gasteiger partial charge in [0.1, 0.15) is 5.75 Å². The van der Waals surface area contributed by atoms with Gasteiger partial charge in [-0.15, -0.1) is 0 Å². The smallest absolute Gasteiger partial charge is 0.273 e. The first-order chi connectivity index (χ1) is 15.0. The second-order valence-electron chi connectivity index (χ2n) is 6.19. The lowest BCUT2D eigenvalue weighted by Crippen LogP contribution is -2.45. The molecule has 2 aromatic carbocycles. The summed E-state index contributed by atoms with van der Waals surface area (Å²) in [6.45, 7) is 1.11. The summed E-state index contributed by atoms with van der Waals surface area (Å²) in [4.78, 5) is 14.0. The number of hydrazone groups is 1. The first-order valence-electron chi connectivity index (χ1n) is 9.31. The van der Waals surface area contributed by atoms with Crippen LogP contribution in [0.25, 0.3) is 0 Å². The Labute approximate surface area is 185 Å². The Kier molecular flexibility index (Phi) is 9.27. The first-order valence-corrected chi connectivity index (χ1v) is 9.72. The van der Waals surface area contributed by atoms with Gasteiger partial charge in [-0.25, -0.2) is 0 Å². The van der Waals surface area contributed by atoms with Crippen molar-refractivity contribution in [2.24, 2.45) is 5.10 Å². The average molecular weight is 436 g/mol. The summed E-state index contributed by atoms with van der Waals surface area (Å²) in [5, 5.41) is 31.3. The number of rotatable bonds is 8. The second kappa shape index (κ2) is 12.4. The molecule has 0 atom stereocenters. The number of amides is 1. The Morgan fingerprint density at radius 2 is 1.71 bits per heavy atom. The summed E-state index contributed by atoms with van der Waals surface area (Å²) < 4.78 is 0. The SMILES string of the molecule is N#CCCN(CCC#N)c1ccc(C=NNC(=S)NNC(=O)c2ccccc2O)cc1. The molecule has 4 N–H and O–H groups in total. The number of nitriles is 2. The van der Waals surface area contributed by atoms with Crippen molar-refractivity contribution in [1.82, 2.24) is 16.3 Å². The highest BCUT2D eigenvalue weighted by Gasteiger charge is 2.09. The number of thiocarbonyl (C=S) groups is 1. The third-order valence-corrected chi connectivity index (χ3v) is 4.26. The highest BCUT2D eigenvalue weighted by atomic mass is 32.1. The zero-order valence-electron chi connectivity index (χ0n) is 16.6. The first kappa shape index (κ1) is 23.1. The number of hydrogen-bond acceptors (Lipinski definition) is 7. The summed E-state index contributed by atoms with van der Waals surface area (Å²) in [6.07, 6.45) is 2.31. The molecular weight excluding hydrogens is 414 g/mol. The van der Waals surface area contributed by atoms with E-state index in [0.717, 1.165) is 11.3 Å². The van der Waals surface area contributed by atoms with Crippen LogP contribution < -0.4 is 21.2 Å². The zero-order valence-corrected chi connectivity index (χ0v) is 17.4. The van der Waals surface area contributed by atoms with Crippen molar-refractivity contribution in [3.8, 4) is 17.9 Å². The van der Waals surface area contributed by atoms with Gasteiger partial charge in [0.25, 0.3) is 5.91 Å². The van der Waals surface area contributed by atoms with Crippen molar-refractivity contribution < 1.29 is 9.90 Å². The number of phenols is 1. The van der Waals surface area contributed by atoms with E-state index in [2.05, 4.69) is 33.5 Å². The van der Waals surface area contributed by atoms with E-state index in [0.29, 0.717) is 25.9 Å². The lowest BCUT2D eigenvalue weighted by Gasteiger charge is -2.22. The molecule has 0 unspecified atom stereocenters. The molecule has 158 valence electrons. The number of hydrazine groups is 1. The number of phenolic OH excluding ortho intramolecular Hbond substituents is 1. The molecule has 0 saturated carbocycles. The standard InChI is InChI=1S/C21H21N7O2S/c22-11-3-13-28(14-4-12-23)17-9-7-16(8-10-17)15-24-26-21(31)27-25-20(30)18-5-1-2-6-19(18)29/h1-2,5-10,15,29H,3-4,13-14H2,(H,25,30)(H2,26,27,31). The van der Waals surface area contributed by atoms with Gasteiger partial charge >= 0.3 is 0 Å². The molecular formula is C21H21N7O2S. The van der Waals surface area contributed by atoms with E-state index in [-0.39, 0.29) is 16.4 Å². The molecule has 0 aromatic heterocycles. The summed E-state index contributed by atoms with van der Waals surface area (Å²) in [5.74, 6) is -0.680. The highest BCUT2D eigenvalue weighted by Crippen LogP contribution is 2.16. The maximum absolute atomic E-state index is 12.0. The minimum Gasteiger partial charge on any atom is -0.507 e. The Hall–Kier alpha value is -4.15. The van der Waals surface area contributed by atoms with E-state index in [1.54, 1.807) is 18.3 Å². The quantitative estimate of drug-likeness (QED) is 0.281. The molecule has 0 aliphatic carbocycles. The van der Waals surface area contributed by atoms with Crippen LogP contribution in [0, 0.1) is 22.7 Å². The van der Waals surface area contributed by atoms with Crippen molar-refractivity contribution in [2.75, 3.05) is 18.0 Å². The van der Waals surface area contributed by atoms with Gasteiger partial charge in [-0.3, -0.25) is 21.1 Å². The van der Waals surface area contributed by atoms with Gasteiger partial charge in [0.15, 0.2) is 0 Å². The number of aromatic hydroxyl groups is 1. The lowest BCUT2D eigenvalue weighted by atomic mass is 10.2. The van der Waals surface area contributed by atoms with Crippen LogP contribution in [-0.2, 0) is 0 Å². The fraction of sp³-hybridized carbons (Fsp3) is 0.190.